The molecule has 0 spiro atoms. The van der Waals surface area contributed by atoms with E-state index in [1.807, 2.05) is 42.5 Å². The number of carbonyl (C=O) groups excluding carboxylic acids is 2. The molecular weight excluding hydrogens is 368 g/mol. The number of hydrogen-bond acceptors (Lipinski definition) is 5. The Kier molecular flexibility index (Phi) is 7.41. The van der Waals surface area contributed by atoms with Crippen molar-refractivity contribution in [3.63, 3.8) is 0 Å². The van der Waals surface area contributed by atoms with Gasteiger partial charge in [-0.15, -0.1) is 0 Å². The number of hydrogen-bond donors (Lipinski definition) is 0. The van der Waals surface area contributed by atoms with Crippen molar-refractivity contribution in [1.82, 2.24) is 9.80 Å². The predicted octanol–water partition coefficient (Wildman–Crippen LogP) is 2.60. The lowest BCUT2D eigenvalue weighted by Gasteiger charge is -2.34. The van der Waals surface area contributed by atoms with Crippen LogP contribution in [0.3, 0.4) is 0 Å². The molecule has 1 amide bonds. The number of carbonyl (C=O) groups is 2. The van der Waals surface area contributed by atoms with Crippen molar-refractivity contribution < 1.29 is 19.1 Å². The second kappa shape index (κ2) is 10.4. The summed E-state index contributed by atoms with van der Waals surface area (Å²) in [4.78, 5) is 28.3. The molecule has 0 N–H and O–H groups in total. The van der Waals surface area contributed by atoms with Gasteiger partial charge in [0.05, 0.1) is 7.11 Å². The van der Waals surface area contributed by atoms with Gasteiger partial charge in [-0.05, 0) is 29.3 Å². The number of rotatable bonds is 7. The molecule has 1 aliphatic heterocycles. The first-order valence-electron chi connectivity index (χ1n) is 9.67. The fourth-order valence-electron chi connectivity index (χ4n) is 3.18. The fourth-order valence-corrected chi connectivity index (χ4v) is 3.18. The minimum atomic E-state index is -0.538. The molecule has 152 valence electrons. The van der Waals surface area contributed by atoms with E-state index < -0.39 is 5.97 Å². The van der Waals surface area contributed by atoms with Gasteiger partial charge in [0.15, 0.2) is 6.61 Å². The molecule has 0 unspecified atom stereocenters. The summed E-state index contributed by atoms with van der Waals surface area (Å²) in [5.41, 5.74) is 2.09. The third kappa shape index (κ3) is 6.47. The first-order valence-corrected chi connectivity index (χ1v) is 9.67. The molecule has 6 nitrogen and oxygen atoms in total. The van der Waals surface area contributed by atoms with Gasteiger partial charge in [0.25, 0.3) is 5.91 Å². The largest absolute Gasteiger partial charge is 0.497 e. The van der Waals surface area contributed by atoms with E-state index in [9.17, 15) is 9.59 Å². The molecule has 6 heteroatoms. The van der Waals surface area contributed by atoms with Crippen LogP contribution in [0, 0.1) is 0 Å². The molecule has 0 atom stereocenters. The van der Waals surface area contributed by atoms with E-state index in [4.69, 9.17) is 9.47 Å². The van der Waals surface area contributed by atoms with Gasteiger partial charge in [0.2, 0.25) is 0 Å². The maximum absolute atomic E-state index is 12.3. The van der Waals surface area contributed by atoms with Crippen molar-refractivity contribution in [3.05, 3.63) is 71.8 Å². The number of piperazine rings is 1. The molecule has 0 aliphatic carbocycles. The van der Waals surface area contributed by atoms with Gasteiger partial charge >= 0.3 is 5.97 Å². The van der Waals surface area contributed by atoms with Crippen LogP contribution in [0.4, 0.5) is 0 Å². The van der Waals surface area contributed by atoms with Gasteiger partial charge in [-0.1, -0.05) is 42.5 Å². The van der Waals surface area contributed by atoms with Crippen molar-refractivity contribution in [2.45, 2.75) is 6.54 Å². The van der Waals surface area contributed by atoms with E-state index in [2.05, 4.69) is 17.0 Å². The average molecular weight is 394 g/mol. The summed E-state index contributed by atoms with van der Waals surface area (Å²) >= 11 is 0. The van der Waals surface area contributed by atoms with Crippen molar-refractivity contribution >= 4 is 18.0 Å². The van der Waals surface area contributed by atoms with Crippen LogP contribution in [-0.2, 0) is 20.9 Å². The SMILES string of the molecule is COc1cccc(/C=C/C(=O)OCC(=O)N2CCN(Cc3ccccc3)CC2)c1. The minimum absolute atomic E-state index is 0.160. The van der Waals surface area contributed by atoms with Crippen LogP contribution in [0.5, 0.6) is 5.75 Å². The Morgan fingerprint density at radius 3 is 2.48 bits per heavy atom. The zero-order valence-corrected chi connectivity index (χ0v) is 16.6. The first-order chi connectivity index (χ1) is 14.1. The van der Waals surface area contributed by atoms with Gasteiger partial charge in [-0.2, -0.15) is 0 Å². The van der Waals surface area contributed by atoms with E-state index in [0.717, 1.165) is 25.2 Å². The molecule has 1 saturated heterocycles. The third-order valence-corrected chi connectivity index (χ3v) is 4.82. The highest BCUT2D eigenvalue weighted by Gasteiger charge is 2.21. The van der Waals surface area contributed by atoms with Crippen LogP contribution in [-0.4, -0.2) is 61.6 Å². The summed E-state index contributed by atoms with van der Waals surface area (Å²) in [5, 5.41) is 0. The molecular formula is C23H26N2O4. The zero-order valence-electron chi connectivity index (χ0n) is 16.6. The fraction of sp³-hybridized carbons (Fsp3) is 0.304. The lowest BCUT2D eigenvalue weighted by Crippen LogP contribution is -2.49. The molecule has 0 aromatic heterocycles. The van der Waals surface area contributed by atoms with Crippen LogP contribution >= 0.6 is 0 Å². The maximum Gasteiger partial charge on any atom is 0.331 e. The summed E-state index contributed by atoms with van der Waals surface area (Å²) in [7, 11) is 1.59. The second-order valence-electron chi connectivity index (χ2n) is 6.86. The van der Waals surface area contributed by atoms with Crippen molar-refractivity contribution in [2.24, 2.45) is 0 Å². The van der Waals surface area contributed by atoms with Crippen LogP contribution < -0.4 is 4.74 Å². The lowest BCUT2D eigenvalue weighted by molar-refractivity contribution is -0.149. The van der Waals surface area contributed by atoms with E-state index in [-0.39, 0.29) is 12.5 Å². The van der Waals surface area contributed by atoms with Crippen LogP contribution in [0.15, 0.2) is 60.7 Å². The number of esters is 1. The van der Waals surface area contributed by atoms with Crippen LogP contribution in [0.25, 0.3) is 6.08 Å². The molecule has 0 radical (unpaired) electrons. The van der Waals surface area contributed by atoms with Gasteiger partial charge in [0, 0.05) is 38.8 Å². The van der Waals surface area contributed by atoms with E-state index in [0.29, 0.717) is 18.8 Å². The minimum Gasteiger partial charge on any atom is -0.497 e. The second-order valence-corrected chi connectivity index (χ2v) is 6.86. The molecule has 1 fully saturated rings. The summed E-state index contributed by atoms with van der Waals surface area (Å²) in [6.45, 7) is 3.55. The Labute approximate surface area is 171 Å². The van der Waals surface area contributed by atoms with E-state index in [1.54, 1.807) is 18.1 Å². The number of benzene rings is 2. The third-order valence-electron chi connectivity index (χ3n) is 4.82. The molecule has 3 rings (SSSR count). The Morgan fingerprint density at radius 1 is 1.00 bits per heavy atom. The first kappa shape index (κ1) is 20.6. The van der Waals surface area contributed by atoms with Crippen molar-refractivity contribution in [3.8, 4) is 5.75 Å². The zero-order chi connectivity index (χ0) is 20.5. The molecule has 0 saturated carbocycles. The number of ether oxygens (including phenoxy) is 2. The summed E-state index contributed by atoms with van der Waals surface area (Å²) in [6, 6.07) is 17.6. The highest BCUT2D eigenvalue weighted by Crippen LogP contribution is 2.13. The van der Waals surface area contributed by atoms with Crippen molar-refractivity contribution in [1.29, 1.82) is 0 Å². The van der Waals surface area contributed by atoms with Gasteiger partial charge < -0.3 is 14.4 Å². The van der Waals surface area contributed by atoms with E-state index >= 15 is 0 Å². The summed E-state index contributed by atoms with van der Waals surface area (Å²) < 4.78 is 10.2. The van der Waals surface area contributed by atoms with Gasteiger partial charge in [0.1, 0.15) is 5.75 Å². The van der Waals surface area contributed by atoms with Gasteiger partial charge in [-0.3, -0.25) is 9.69 Å². The molecule has 1 heterocycles. The molecule has 2 aromatic carbocycles. The summed E-state index contributed by atoms with van der Waals surface area (Å²) in [6.07, 6.45) is 2.96. The maximum atomic E-state index is 12.3. The number of methoxy groups -OCH3 is 1. The topological polar surface area (TPSA) is 59.1 Å². The number of nitrogens with zero attached hydrogens (tertiary/aromatic N) is 2. The molecule has 2 aromatic rings. The van der Waals surface area contributed by atoms with Crippen LogP contribution in [0.1, 0.15) is 11.1 Å². The molecule has 0 bridgehead atoms. The normalized spacial score (nSPS) is 14.7. The Bertz CT molecular complexity index is 843. The average Bonchev–Trinajstić information content (AvgIpc) is 2.77. The monoisotopic (exact) mass is 394 g/mol. The quantitative estimate of drug-likeness (QED) is 0.534. The smallest absolute Gasteiger partial charge is 0.331 e. The Balaban J connectivity index is 1.39. The Morgan fingerprint density at radius 2 is 1.76 bits per heavy atom. The molecule has 1 aliphatic rings. The van der Waals surface area contributed by atoms with Crippen molar-refractivity contribution in [2.75, 3.05) is 39.9 Å². The van der Waals surface area contributed by atoms with E-state index in [1.165, 1.54) is 11.6 Å². The highest BCUT2D eigenvalue weighted by molar-refractivity contribution is 5.89. The van der Waals surface area contributed by atoms with Gasteiger partial charge in [-0.25, -0.2) is 4.79 Å². The lowest BCUT2D eigenvalue weighted by atomic mass is 10.2. The van der Waals surface area contributed by atoms with Crippen LogP contribution in [0.2, 0.25) is 0 Å². The summed E-state index contributed by atoms with van der Waals surface area (Å²) in [5.74, 6) is 0.0125. The predicted molar refractivity (Wildman–Crippen MR) is 111 cm³/mol. The Hall–Kier alpha value is -3.12. The molecule has 29 heavy (non-hydrogen) atoms. The number of amides is 1. The highest BCUT2D eigenvalue weighted by atomic mass is 16.5. The standard InChI is InChI=1S/C23H26N2O4/c1-28-21-9-5-8-19(16-21)10-11-23(27)29-18-22(26)25-14-12-24(13-15-25)17-20-6-3-2-4-7-20/h2-11,16H,12-15,17-18H2,1H3/b11-10+.